The highest BCUT2D eigenvalue weighted by Gasteiger charge is 2.35. The van der Waals surface area contributed by atoms with Crippen LogP contribution in [0.5, 0.6) is 0 Å². The minimum atomic E-state index is -2.68. The van der Waals surface area contributed by atoms with E-state index >= 15 is 0 Å². The van der Waals surface area contributed by atoms with Gasteiger partial charge in [0.15, 0.2) is 0 Å². The predicted molar refractivity (Wildman–Crippen MR) is 125 cm³/mol. The third kappa shape index (κ3) is 5.73. The van der Waals surface area contributed by atoms with Crippen LogP contribution < -0.4 is 5.32 Å². The molecule has 8 heteroatoms. The molecule has 1 aliphatic heterocycles. The second kappa shape index (κ2) is 9.08. The highest BCUT2D eigenvalue weighted by Crippen LogP contribution is 2.30. The quantitative estimate of drug-likeness (QED) is 0.508. The molecule has 0 atom stereocenters. The second-order valence-corrected chi connectivity index (χ2v) is 9.55. The number of ether oxygens (including phenoxy) is 1. The first-order valence-corrected chi connectivity index (χ1v) is 11.3. The molecule has 4 rings (SSSR count). The molecule has 1 fully saturated rings. The van der Waals surface area contributed by atoms with E-state index in [1.807, 2.05) is 36.4 Å². The number of amides is 2. The number of hydrogen-bond acceptors (Lipinski definition) is 4. The number of rotatable bonds is 4. The molecule has 1 saturated heterocycles. The molecular weight excluding hydrogens is 442 g/mol. The van der Waals surface area contributed by atoms with Crippen molar-refractivity contribution in [1.29, 1.82) is 0 Å². The van der Waals surface area contributed by atoms with Gasteiger partial charge in [-0.3, -0.25) is 4.79 Å². The van der Waals surface area contributed by atoms with Gasteiger partial charge in [0.1, 0.15) is 16.9 Å². The van der Waals surface area contributed by atoms with Gasteiger partial charge < -0.3 is 19.4 Å². The van der Waals surface area contributed by atoms with Crippen LogP contribution >= 0.6 is 0 Å². The number of furan rings is 1. The summed E-state index contributed by atoms with van der Waals surface area (Å²) in [5.74, 6) is -2.31. The van der Waals surface area contributed by atoms with Gasteiger partial charge in [0, 0.05) is 36.9 Å². The number of nitrogens with zero attached hydrogens (tertiary/aromatic N) is 1. The molecule has 0 unspecified atom stereocenters. The van der Waals surface area contributed by atoms with Crippen molar-refractivity contribution in [3.8, 4) is 11.1 Å². The molecule has 3 aromatic rings. The van der Waals surface area contributed by atoms with Gasteiger partial charge in [-0.1, -0.05) is 18.2 Å². The Labute approximate surface area is 196 Å². The Bertz CT molecular complexity index is 1190. The maximum absolute atomic E-state index is 13.4. The minimum absolute atomic E-state index is 0.0653. The number of carbonyl (C=O) groups is 2. The average molecular weight is 471 g/mol. The van der Waals surface area contributed by atoms with E-state index in [0.717, 1.165) is 16.5 Å². The first-order valence-electron chi connectivity index (χ1n) is 11.3. The van der Waals surface area contributed by atoms with Crippen molar-refractivity contribution >= 4 is 23.0 Å². The molecule has 2 heterocycles. The molecule has 1 N–H and O–H groups in total. The number of nitrogens with one attached hydrogen (secondary N) is 1. The summed E-state index contributed by atoms with van der Waals surface area (Å²) in [6.07, 6.45) is -1.10. The monoisotopic (exact) mass is 470 g/mol. The van der Waals surface area contributed by atoms with Gasteiger partial charge in [0.25, 0.3) is 11.8 Å². The summed E-state index contributed by atoms with van der Waals surface area (Å²) in [4.78, 5) is 26.0. The molecule has 34 heavy (non-hydrogen) atoms. The molecule has 2 aromatic carbocycles. The van der Waals surface area contributed by atoms with Crippen molar-refractivity contribution in [3.63, 3.8) is 0 Å². The van der Waals surface area contributed by atoms with Crippen LogP contribution in [0.3, 0.4) is 0 Å². The van der Waals surface area contributed by atoms with Crippen LogP contribution in [0.2, 0.25) is 0 Å². The number of likely N-dealkylation sites (tertiary alicyclic amines) is 1. The average Bonchev–Trinajstić information content (AvgIpc) is 3.18. The smallest absolute Gasteiger partial charge is 0.408 e. The number of benzene rings is 2. The molecule has 0 aliphatic carbocycles. The summed E-state index contributed by atoms with van der Waals surface area (Å²) < 4.78 is 37.8. The topological polar surface area (TPSA) is 71.8 Å². The molecule has 0 spiro atoms. The Morgan fingerprint density at radius 3 is 2.32 bits per heavy atom. The Kier molecular flexibility index (Phi) is 6.34. The van der Waals surface area contributed by atoms with Gasteiger partial charge in [-0.25, -0.2) is 13.6 Å². The minimum Gasteiger partial charge on any atom is -0.459 e. The lowest BCUT2D eigenvalue weighted by Gasteiger charge is -2.31. The molecule has 0 bridgehead atoms. The van der Waals surface area contributed by atoms with E-state index in [2.05, 4.69) is 5.32 Å². The van der Waals surface area contributed by atoms with E-state index in [0.29, 0.717) is 16.9 Å². The van der Waals surface area contributed by atoms with Gasteiger partial charge in [0.2, 0.25) is 0 Å². The van der Waals surface area contributed by atoms with Crippen molar-refractivity contribution in [3.05, 3.63) is 59.9 Å². The highest BCUT2D eigenvalue weighted by atomic mass is 19.3. The van der Waals surface area contributed by atoms with Crippen molar-refractivity contribution in [1.82, 2.24) is 10.2 Å². The number of carbonyl (C=O) groups excluding carboxylic acids is 2. The predicted octanol–water partition coefficient (Wildman–Crippen LogP) is 6.00. The lowest BCUT2D eigenvalue weighted by molar-refractivity contribution is -0.0494. The van der Waals surface area contributed by atoms with Gasteiger partial charge in [-0.05, 0) is 62.2 Å². The lowest BCUT2D eigenvalue weighted by Crippen LogP contribution is -2.42. The summed E-state index contributed by atoms with van der Waals surface area (Å²) >= 11 is 0. The number of alkyl carbamates (subject to hydrolysis) is 1. The Morgan fingerprint density at radius 1 is 1.03 bits per heavy atom. The SMILES string of the molecule is CC(C)(C)OC(=O)NCc1cc2cc(-c3ccc(C(=O)N4CCC(F)(F)CC4)cc3)ccc2o1. The van der Waals surface area contributed by atoms with Crippen LogP contribution in [0.15, 0.2) is 52.9 Å². The number of alkyl halides is 2. The van der Waals surface area contributed by atoms with E-state index in [-0.39, 0.29) is 38.4 Å². The van der Waals surface area contributed by atoms with E-state index in [1.54, 1.807) is 32.9 Å². The number of halogens is 2. The van der Waals surface area contributed by atoms with Crippen LogP contribution in [0.4, 0.5) is 13.6 Å². The van der Waals surface area contributed by atoms with Gasteiger partial charge in [-0.15, -0.1) is 0 Å². The van der Waals surface area contributed by atoms with Crippen molar-refractivity contribution < 1.29 is 27.5 Å². The summed E-state index contributed by atoms with van der Waals surface area (Å²) in [5.41, 5.74) is 2.46. The van der Waals surface area contributed by atoms with Crippen molar-refractivity contribution in [2.24, 2.45) is 0 Å². The fourth-order valence-corrected chi connectivity index (χ4v) is 3.86. The number of hydrogen-bond donors (Lipinski definition) is 1. The maximum Gasteiger partial charge on any atom is 0.408 e. The van der Waals surface area contributed by atoms with E-state index in [1.165, 1.54) is 4.90 Å². The normalized spacial score (nSPS) is 15.9. The van der Waals surface area contributed by atoms with Gasteiger partial charge >= 0.3 is 6.09 Å². The zero-order valence-electron chi connectivity index (χ0n) is 19.5. The summed E-state index contributed by atoms with van der Waals surface area (Å²) in [6.45, 7) is 5.73. The van der Waals surface area contributed by atoms with Crippen molar-refractivity contribution in [2.75, 3.05) is 13.1 Å². The standard InChI is InChI=1S/C26H28F2N2O4/c1-25(2,3)34-24(32)29-16-21-15-20-14-19(8-9-22(20)33-21)17-4-6-18(7-5-17)23(31)30-12-10-26(27,28)11-13-30/h4-9,14-15H,10-13,16H2,1-3H3,(H,29,32). The lowest BCUT2D eigenvalue weighted by atomic mass is 10.0. The number of piperidine rings is 1. The molecule has 6 nitrogen and oxygen atoms in total. The van der Waals surface area contributed by atoms with E-state index in [4.69, 9.17) is 9.15 Å². The Balaban J connectivity index is 1.42. The van der Waals surface area contributed by atoms with Crippen LogP contribution in [0.25, 0.3) is 22.1 Å². The van der Waals surface area contributed by atoms with Crippen LogP contribution in [0, 0.1) is 0 Å². The van der Waals surface area contributed by atoms with Crippen molar-refractivity contribution in [2.45, 2.75) is 51.7 Å². The molecule has 1 aliphatic rings. The van der Waals surface area contributed by atoms with E-state index in [9.17, 15) is 18.4 Å². The molecular formula is C26H28F2N2O4. The maximum atomic E-state index is 13.4. The molecule has 1 aromatic heterocycles. The summed E-state index contributed by atoms with van der Waals surface area (Å²) in [5, 5.41) is 3.56. The Hall–Kier alpha value is -3.42. The zero-order chi connectivity index (χ0) is 24.5. The molecule has 0 radical (unpaired) electrons. The molecule has 180 valence electrons. The first kappa shape index (κ1) is 23.7. The van der Waals surface area contributed by atoms with Gasteiger partial charge in [-0.2, -0.15) is 0 Å². The fraction of sp³-hybridized carbons (Fsp3) is 0.385. The summed E-state index contributed by atoms with van der Waals surface area (Å²) in [7, 11) is 0. The summed E-state index contributed by atoms with van der Waals surface area (Å²) in [6, 6.07) is 14.7. The van der Waals surface area contributed by atoms with Crippen LogP contribution in [0.1, 0.15) is 49.7 Å². The van der Waals surface area contributed by atoms with Gasteiger partial charge in [0.05, 0.1) is 6.54 Å². The second-order valence-electron chi connectivity index (χ2n) is 9.55. The fourth-order valence-electron chi connectivity index (χ4n) is 3.86. The molecule has 0 saturated carbocycles. The van der Waals surface area contributed by atoms with E-state index < -0.39 is 17.6 Å². The van der Waals surface area contributed by atoms with Crippen LogP contribution in [-0.2, 0) is 11.3 Å². The molecule has 2 amide bonds. The Morgan fingerprint density at radius 2 is 1.68 bits per heavy atom. The zero-order valence-corrected chi connectivity index (χ0v) is 19.5. The number of fused-ring (bicyclic) bond motifs is 1. The van der Waals surface area contributed by atoms with Crippen LogP contribution in [-0.4, -0.2) is 41.5 Å². The third-order valence-electron chi connectivity index (χ3n) is 5.62. The highest BCUT2D eigenvalue weighted by molar-refractivity contribution is 5.95. The third-order valence-corrected chi connectivity index (χ3v) is 5.62. The first-order chi connectivity index (χ1) is 16.0. The largest absolute Gasteiger partial charge is 0.459 e.